The van der Waals surface area contributed by atoms with Crippen LogP contribution in [0.2, 0.25) is 0 Å². The number of halogens is 6. The van der Waals surface area contributed by atoms with Crippen LogP contribution in [-0.4, -0.2) is 47.4 Å². The number of hydrogen-bond donors (Lipinski definition) is 2. The van der Waals surface area contributed by atoms with Gasteiger partial charge in [0.25, 0.3) is 0 Å². The molecule has 228 valence electrons. The van der Waals surface area contributed by atoms with E-state index < -0.39 is 33.9 Å². The van der Waals surface area contributed by atoms with E-state index in [1.54, 1.807) is 17.0 Å². The van der Waals surface area contributed by atoms with Gasteiger partial charge in [0.05, 0.1) is 17.0 Å². The lowest BCUT2D eigenvalue weighted by Gasteiger charge is -2.30. The molecule has 1 unspecified atom stereocenters. The number of thiazole rings is 1. The monoisotopic (exact) mass is 636 g/mol. The fraction of sp³-hybridized carbons (Fsp3) is 0.440. The molecule has 0 spiro atoms. The molecule has 1 aromatic carbocycles. The van der Waals surface area contributed by atoms with Crippen molar-refractivity contribution in [2.75, 3.05) is 19.3 Å². The van der Waals surface area contributed by atoms with E-state index in [1.165, 1.54) is 17.5 Å². The summed E-state index contributed by atoms with van der Waals surface area (Å²) in [5.41, 5.74) is -0.410. The SMILES string of the molecule is CS(=O)(=O)Oc1ccc2c(c1)CNC(c1csc(C3CCN(C=Cn4nc(C(F)(F)F)cc4C(F)(F)F)CC3)n1)NC2. The van der Waals surface area contributed by atoms with E-state index in [9.17, 15) is 34.8 Å². The Hall–Kier alpha value is -3.15. The Kier molecular flexibility index (Phi) is 8.30. The van der Waals surface area contributed by atoms with Crippen molar-refractivity contribution in [3.8, 4) is 5.75 Å². The highest BCUT2D eigenvalue weighted by molar-refractivity contribution is 7.86. The van der Waals surface area contributed by atoms with E-state index in [0.717, 1.165) is 34.3 Å². The Morgan fingerprint density at radius 3 is 2.33 bits per heavy atom. The number of rotatable bonds is 6. The molecule has 0 aliphatic carbocycles. The first-order chi connectivity index (χ1) is 19.7. The first-order valence-corrected chi connectivity index (χ1v) is 15.4. The molecule has 5 rings (SSSR count). The Balaban J connectivity index is 1.18. The molecule has 42 heavy (non-hydrogen) atoms. The Bertz CT molecular complexity index is 1560. The van der Waals surface area contributed by atoms with Crippen LogP contribution < -0.4 is 14.8 Å². The molecule has 0 bridgehead atoms. The number of hydrogen-bond acceptors (Lipinski definition) is 9. The van der Waals surface area contributed by atoms with Gasteiger partial charge >= 0.3 is 22.5 Å². The minimum Gasteiger partial charge on any atom is -0.383 e. The van der Waals surface area contributed by atoms with Gasteiger partial charge in [0.1, 0.15) is 17.6 Å². The maximum absolute atomic E-state index is 13.2. The second-order valence-corrected chi connectivity index (χ2v) is 12.5. The lowest BCUT2D eigenvalue weighted by molar-refractivity contribution is -0.143. The Labute approximate surface area is 241 Å². The first kappa shape index (κ1) is 30.3. The van der Waals surface area contributed by atoms with Gasteiger partial charge in [0.15, 0.2) is 5.69 Å². The summed E-state index contributed by atoms with van der Waals surface area (Å²) in [6, 6.07) is 5.10. The molecular formula is C25H26F6N6O3S2. The van der Waals surface area contributed by atoms with Gasteiger partial charge in [-0.25, -0.2) is 9.67 Å². The van der Waals surface area contributed by atoms with E-state index in [-0.39, 0.29) is 28.6 Å². The van der Waals surface area contributed by atoms with Crippen LogP contribution in [-0.2, 0) is 35.6 Å². The zero-order chi connectivity index (χ0) is 30.3. The Morgan fingerprint density at radius 2 is 1.69 bits per heavy atom. The zero-order valence-electron chi connectivity index (χ0n) is 22.0. The van der Waals surface area contributed by atoms with Crippen LogP contribution in [0.1, 0.15) is 58.1 Å². The zero-order valence-corrected chi connectivity index (χ0v) is 23.7. The van der Waals surface area contributed by atoms with Gasteiger partial charge < -0.3 is 9.08 Å². The van der Waals surface area contributed by atoms with Crippen molar-refractivity contribution in [1.82, 2.24) is 30.3 Å². The van der Waals surface area contributed by atoms with Gasteiger partial charge in [-0.1, -0.05) is 6.07 Å². The highest BCUT2D eigenvalue weighted by Crippen LogP contribution is 2.36. The number of alkyl halides is 6. The molecule has 2 aliphatic heterocycles. The van der Waals surface area contributed by atoms with Crippen LogP contribution in [0.4, 0.5) is 26.3 Å². The van der Waals surface area contributed by atoms with Crippen molar-refractivity contribution in [3.05, 3.63) is 69.1 Å². The molecule has 0 amide bonds. The largest absolute Gasteiger partial charge is 0.435 e. The molecule has 0 saturated carbocycles. The summed E-state index contributed by atoms with van der Waals surface area (Å²) in [6.07, 6.45) is -5.69. The molecule has 2 aromatic heterocycles. The van der Waals surface area contributed by atoms with Crippen LogP contribution in [0, 0.1) is 0 Å². The van der Waals surface area contributed by atoms with Crippen molar-refractivity contribution in [1.29, 1.82) is 0 Å². The van der Waals surface area contributed by atoms with Crippen LogP contribution in [0.15, 0.2) is 35.8 Å². The van der Waals surface area contributed by atoms with E-state index in [2.05, 4.69) is 15.7 Å². The smallest absolute Gasteiger partial charge is 0.383 e. The average molecular weight is 637 g/mol. The summed E-state index contributed by atoms with van der Waals surface area (Å²) in [5.74, 6) is 0.365. The number of benzene rings is 1. The van der Waals surface area contributed by atoms with E-state index >= 15 is 0 Å². The third kappa shape index (κ3) is 7.25. The highest BCUT2D eigenvalue weighted by atomic mass is 32.2. The van der Waals surface area contributed by atoms with Crippen molar-refractivity contribution in [2.45, 2.75) is 50.4 Å². The fourth-order valence-electron chi connectivity index (χ4n) is 4.80. The lowest BCUT2D eigenvalue weighted by Crippen LogP contribution is -2.31. The predicted octanol–water partition coefficient (Wildman–Crippen LogP) is 4.92. The summed E-state index contributed by atoms with van der Waals surface area (Å²) >= 11 is 1.51. The van der Waals surface area contributed by atoms with Crippen LogP contribution in [0.25, 0.3) is 6.20 Å². The second-order valence-electron chi connectivity index (χ2n) is 9.99. The molecule has 0 radical (unpaired) electrons. The Morgan fingerprint density at radius 1 is 1.00 bits per heavy atom. The van der Waals surface area contributed by atoms with E-state index in [4.69, 9.17) is 9.17 Å². The molecule has 4 heterocycles. The number of nitrogens with one attached hydrogen (secondary N) is 2. The molecule has 17 heteroatoms. The topological polar surface area (TPSA) is 101 Å². The van der Waals surface area contributed by atoms with Crippen LogP contribution in [0.3, 0.4) is 0 Å². The molecule has 2 N–H and O–H groups in total. The summed E-state index contributed by atoms with van der Waals surface area (Å²) in [5, 5.41) is 12.7. The normalized spacial score (nSPS) is 19.2. The molecule has 1 atom stereocenters. The van der Waals surface area contributed by atoms with Crippen molar-refractivity contribution in [3.63, 3.8) is 0 Å². The minimum absolute atomic E-state index is 0.00196. The number of nitrogens with zero attached hydrogens (tertiary/aromatic N) is 4. The number of piperidine rings is 1. The number of fused-ring (bicyclic) bond motifs is 1. The summed E-state index contributed by atoms with van der Waals surface area (Å²) in [4.78, 5) is 6.56. The van der Waals surface area contributed by atoms with E-state index in [0.29, 0.717) is 39.0 Å². The van der Waals surface area contributed by atoms with Gasteiger partial charge in [-0.15, -0.1) is 11.3 Å². The maximum atomic E-state index is 13.2. The molecule has 3 aromatic rings. The van der Waals surface area contributed by atoms with Gasteiger partial charge in [0, 0.05) is 55.9 Å². The average Bonchev–Trinajstić information content (AvgIpc) is 3.51. The second kappa shape index (κ2) is 11.5. The standard InChI is InChI=1S/C25H26F6N6O3S2/c1-42(38,39)40-18-3-2-16-12-32-22(33-13-17(16)10-18)19-14-41-23(34-19)15-4-6-36(7-5-15)8-9-37-21(25(29,30)31)11-20(35-37)24(26,27)28/h2-3,8-11,14-15,22,32-33H,4-7,12-13H2,1H3. The third-order valence-electron chi connectivity index (χ3n) is 6.87. The molecular weight excluding hydrogens is 610 g/mol. The predicted molar refractivity (Wildman–Crippen MR) is 142 cm³/mol. The summed E-state index contributed by atoms with van der Waals surface area (Å²) in [6.45, 7) is 1.96. The van der Waals surface area contributed by atoms with Crippen molar-refractivity contribution >= 4 is 27.7 Å². The molecule has 2 aliphatic rings. The number of aromatic nitrogens is 3. The van der Waals surface area contributed by atoms with Crippen LogP contribution in [0.5, 0.6) is 5.75 Å². The summed E-state index contributed by atoms with van der Waals surface area (Å²) in [7, 11) is -3.64. The molecule has 9 nitrogen and oxygen atoms in total. The van der Waals surface area contributed by atoms with E-state index in [1.807, 2.05) is 11.4 Å². The van der Waals surface area contributed by atoms with Crippen molar-refractivity contribution < 1.29 is 38.9 Å². The van der Waals surface area contributed by atoms with Gasteiger partial charge in [-0.3, -0.25) is 10.6 Å². The minimum atomic E-state index is -4.99. The van der Waals surface area contributed by atoms with Gasteiger partial charge in [0.2, 0.25) is 0 Å². The van der Waals surface area contributed by atoms with Gasteiger partial charge in [-0.2, -0.15) is 39.9 Å². The fourth-order valence-corrected chi connectivity index (χ4v) is 6.27. The van der Waals surface area contributed by atoms with Gasteiger partial charge in [-0.05, 0) is 36.1 Å². The highest BCUT2D eigenvalue weighted by Gasteiger charge is 2.41. The van der Waals surface area contributed by atoms with Crippen molar-refractivity contribution in [2.24, 2.45) is 0 Å². The summed E-state index contributed by atoms with van der Waals surface area (Å²) < 4.78 is 107. The third-order valence-corrected chi connectivity index (χ3v) is 8.39. The van der Waals surface area contributed by atoms with Crippen LogP contribution >= 0.6 is 11.3 Å². The first-order valence-electron chi connectivity index (χ1n) is 12.8. The quantitative estimate of drug-likeness (QED) is 0.291. The lowest BCUT2D eigenvalue weighted by atomic mass is 9.98. The number of likely N-dealkylation sites (tertiary alicyclic amines) is 1. The molecule has 1 fully saturated rings. The molecule has 1 saturated heterocycles. The maximum Gasteiger partial charge on any atom is 0.435 e.